The third-order valence-corrected chi connectivity index (χ3v) is 2.72. The van der Waals surface area contributed by atoms with E-state index >= 15 is 0 Å². The van der Waals surface area contributed by atoms with E-state index in [0.29, 0.717) is 17.8 Å². The van der Waals surface area contributed by atoms with Crippen molar-refractivity contribution in [1.82, 2.24) is 5.32 Å². The number of rotatable bonds is 4. The third kappa shape index (κ3) is 3.46. The molecule has 0 atom stereocenters. The molecule has 0 radical (unpaired) electrons. The molecule has 0 fully saturated rings. The molecule has 1 aromatic carbocycles. The van der Waals surface area contributed by atoms with E-state index in [4.69, 9.17) is 10.8 Å². The Morgan fingerprint density at radius 2 is 2.12 bits per heavy atom. The van der Waals surface area contributed by atoms with Crippen molar-refractivity contribution in [3.8, 4) is 0 Å². The Balaban J connectivity index is 2.74. The monoisotopic (exact) mass is 236 g/mol. The number of para-hydroxylation sites is 1. The Morgan fingerprint density at radius 1 is 1.47 bits per heavy atom. The minimum atomic E-state index is -0.325. The molecule has 4 nitrogen and oxygen atoms in total. The van der Waals surface area contributed by atoms with E-state index in [1.807, 2.05) is 26.8 Å². The van der Waals surface area contributed by atoms with Crippen LogP contribution in [0.15, 0.2) is 18.2 Å². The molecule has 4 heteroatoms. The summed E-state index contributed by atoms with van der Waals surface area (Å²) >= 11 is 0. The maximum Gasteiger partial charge on any atom is 0.253 e. The zero-order chi connectivity index (χ0) is 13.1. The first-order valence-corrected chi connectivity index (χ1v) is 5.61. The molecule has 0 spiro atoms. The maximum atomic E-state index is 11.9. The summed E-state index contributed by atoms with van der Waals surface area (Å²) in [6, 6.07) is 5.37. The van der Waals surface area contributed by atoms with E-state index in [-0.39, 0.29) is 17.9 Å². The number of carbonyl (C=O) groups is 1. The first kappa shape index (κ1) is 13.5. The summed E-state index contributed by atoms with van der Waals surface area (Å²) in [5.74, 6) is -0.201. The number of nitrogen functional groups attached to an aromatic ring is 1. The number of aliphatic hydroxyl groups excluding tert-OH is 1. The average molecular weight is 236 g/mol. The minimum absolute atomic E-state index is 0.0244. The molecule has 0 aromatic heterocycles. The van der Waals surface area contributed by atoms with Crippen LogP contribution in [-0.2, 0) is 0 Å². The summed E-state index contributed by atoms with van der Waals surface area (Å²) in [5.41, 5.74) is 7.40. The predicted molar refractivity (Wildman–Crippen MR) is 68.8 cm³/mol. The van der Waals surface area contributed by atoms with Gasteiger partial charge in [-0.05, 0) is 18.6 Å². The molecule has 17 heavy (non-hydrogen) atoms. The van der Waals surface area contributed by atoms with Gasteiger partial charge in [-0.1, -0.05) is 26.0 Å². The second-order valence-corrected chi connectivity index (χ2v) is 5.04. The number of benzene rings is 1. The van der Waals surface area contributed by atoms with E-state index in [0.717, 1.165) is 5.56 Å². The van der Waals surface area contributed by atoms with Gasteiger partial charge in [-0.25, -0.2) is 0 Å². The highest BCUT2D eigenvalue weighted by Crippen LogP contribution is 2.17. The Labute approximate surface area is 102 Å². The molecule has 1 amide bonds. The molecule has 4 N–H and O–H groups in total. The Kier molecular flexibility index (Phi) is 4.12. The Morgan fingerprint density at radius 3 is 2.71 bits per heavy atom. The molecular formula is C13H20N2O2. The van der Waals surface area contributed by atoms with Gasteiger partial charge < -0.3 is 16.2 Å². The van der Waals surface area contributed by atoms with Gasteiger partial charge in [0.1, 0.15) is 0 Å². The topological polar surface area (TPSA) is 75.3 Å². The van der Waals surface area contributed by atoms with Gasteiger partial charge in [0.05, 0.1) is 5.56 Å². The van der Waals surface area contributed by atoms with Crippen LogP contribution in [0.2, 0.25) is 0 Å². The van der Waals surface area contributed by atoms with Crippen LogP contribution >= 0.6 is 0 Å². The maximum absolute atomic E-state index is 11.9. The van der Waals surface area contributed by atoms with Crippen molar-refractivity contribution in [2.24, 2.45) is 5.41 Å². The molecule has 0 unspecified atom stereocenters. The van der Waals surface area contributed by atoms with E-state index in [1.54, 1.807) is 12.1 Å². The predicted octanol–water partition coefficient (Wildman–Crippen LogP) is 1.33. The number of carbonyl (C=O) groups excluding carboxylic acids is 1. The quantitative estimate of drug-likeness (QED) is 0.690. The van der Waals surface area contributed by atoms with Gasteiger partial charge >= 0.3 is 0 Å². The van der Waals surface area contributed by atoms with Gasteiger partial charge in [-0.2, -0.15) is 0 Å². The van der Waals surface area contributed by atoms with E-state index < -0.39 is 0 Å². The molecule has 0 saturated heterocycles. The summed E-state index contributed by atoms with van der Waals surface area (Å²) in [6.07, 6.45) is 0. The third-order valence-electron chi connectivity index (χ3n) is 2.72. The zero-order valence-electron chi connectivity index (χ0n) is 10.6. The number of aryl methyl sites for hydroxylation is 1. The van der Waals surface area contributed by atoms with Crippen LogP contribution in [0, 0.1) is 12.3 Å². The largest absolute Gasteiger partial charge is 0.398 e. The van der Waals surface area contributed by atoms with E-state index in [9.17, 15) is 4.79 Å². The minimum Gasteiger partial charge on any atom is -0.398 e. The standard InChI is InChI=1S/C13H20N2O2/c1-9-5-4-6-10(11(9)14)12(17)15-7-13(2,3)8-16/h4-6,16H,7-8,14H2,1-3H3,(H,15,17). The van der Waals surface area contributed by atoms with Gasteiger partial charge in [0.2, 0.25) is 0 Å². The van der Waals surface area contributed by atoms with Crippen molar-refractivity contribution in [2.45, 2.75) is 20.8 Å². The first-order valence-electron chi connectivity index (χ1n) is 5.61. The molecule has 0 bridgehead atoms. The summed E-state index contributed by atoms with van der Waals surface area (Å²) in [6.45, 7) is 6.07. The molecule has 1 rings (SSSR count). The molecule has 0 aliphatic rings. The van der Waals surface area contributed by atoms with Gasteiger partial charge in [0.15, 0.2) is 0 Å². The highest BCUT2D eigenvalue weighted by Gasteiger charge is 2.18. The normalized spacial score (nSPS) is 11.3. The Hall–Kier alpha value is -1.55. The number of aliphatic hydroxyl groups is 1. The molecule has 0 saturated carbocycles. The highest BCUT2D eigenvalue weighted by molar-refractivity contribution is 5.99. The van der Waals surface area contributed by atoms with Crippen LogP contribution in [0.5, 0.6) is 0 Å². The number of hydrogen-bond donors (Lipinski definition) is 3. The van der Waals surface area contributed by atoms with Gasteiger partial charge in [0.25, 0.3) is 5.91 Å². The van der Waals surface area contributed by atoms with Crippen molar-refractivity contribution < 1.29 is 9.90 Å². The summed E-state index contributed by atoms with van der Waals surface area (Å²) < 4.78 is 0. The van der Waals surface area contributed by atoms with Crippen LogP contribution in [0.1, 0.15) is 29.8 Å². The van der Waals surface area contributed by atoms with Crippen molar-refractivity contribution in [3.05, 3.63) is 29.3 Å². The van der Waals surface area contributed by atoms with E-state index in [1.165, 1.54) is 0 Å². The summed E-state index contributed by atoms with van der Waals surface area (Å²) in [7, 11) is 0. The lowest BCUT2D eigenvalue weighted by Crippen LogP contribution is -2.36. The van der Waals surface area contributed by atoms with Crippen LogP contribution < -0.4 is 11.1 Å². The Bertz CT molecular complexity index is 414. The van der Waals surface area contributed by atoms with Crippen molar-refractivity contribution >= 4 is 11.6 Å². The lowest BCUT2D eigenvalue weighted by atomic mass is 9.95. The average Bonchev–Trinajstić information content (AvgIpc) is 2.30. The van der Waals surface area contributed by atoms with Gasteiger partial charge in [-0.3, -0.25) is 4.79 Å². The van der Waals surface area contributed by atoms with Gasteiger partial charge in [0, 0.05) is 24.3 Å². The zero-order valence-corrected chi connectivity index (χ0v) is 10.6. The fourth-order valence-corrected chi connectivity index (χ4v) is 1.35. The van der Waals surface area contributed by atoms with Crippen LogP contribution in [-0.4, -0.2) is 24.2 Å². The first-order chi connectivity index (χ1) is 7.87. The number of amides is 1. The SMILES string of the molecule is Cc1cccc(C(=O)NCC(C)(C)CO)c1N. The molecule has 0 aliphatic heterocycles. The number of nitrogens with two attached hydrogens (primary N) is 1. The second-order valence-electron chi connectivity index (χ2n) is 5.04. The molecule has 1 aromatic rings. The second kappa shape index (κ2) is 5.19. The number of hydrogen-bond acceptors (Lipinski definition) is 3. The summed E-state index contributed by atoms with van der Waals surface area (Å²) in [5, 5.41) is 11.9. The smallest absolute Gasteiger partial charge is 0.253 e. The fourth-order valence-electron chi connectivity index (χ4n) is 1.35. The molecular weight excluding hydrogens is 216 g/mol. The van der Waals surface area contributed by atoms with Gasteiger partial charge in [-0.15, -0.1) is 0 Å². The summed E-state index contributed by atoms with van der Waals surface area (Å²) in [4.78, 5) is 11.9. The van der Waals surface area contributed by atoms with Crippen LogP contribution in [0.25, 0.3) is 0 Å². The molecule has 94 valence electrons. The fraction of sp³-hybridized carbons (Fsp3) is 0.462. The molecule has 0 aliphatic carbocycles. The lowest BCUT2D eigenvalue weighted by Gasteiger charge is -2.22. The number of anilines is 1. The lowest BCUT2D eigenvalue weighted by molar-refractivity contribution is 0.0912. The van der Waals surface area contributed by atoms with E-state index in [2.05, 4.69) is 5.32 Å². The van der Waals surface area contributed by atoms with Crippen LogP contribution in [0.4, 0.5) is 5.69 Å². The van der Waals surface area contributed by atoms with Crippen molar-refractivity contribution in [3.63, 3.8) is 0 Å². The van der Waals surface area contributed by atoms with Crippen molar-refractivity contribution in [1.29, 1.82) is 0 Å². The molecule has 0 heterocycles. The van der Waals surface area contributed by atoms with Crippen molar-refractivity contribution in [2.75, 3.05) is 18.9 Å². The van der Waals surface area contributed by atoms with Crippen LogP contribution in [0.3, 0.4) is 0 Å². The number of nitrogens with one attached hydrogen (secondary N) is 1. The highest BCUT2D eigenvalue weighted by atomic mass is 16.3.